The smallest absolute Gasteiger partial charge is 0.274 e. The summed E-state index contributed by atoms with van der Waals surface area (Å²) in [5.74, 6) is 0.417. The Morgan fingerprint density at radius 1 is 1.17 bits per heavy atom. The van der Waals surface area contributed by atoms with Gasteiger partial charge in [0.05, 0.1) is 0 Å². The van der Waals surface area contributed by atoms with Crippen LogP contribution in [-0.2, 0) is 5.41 Å². The van der Waals surface area contributed by atoms with Gasteiger partial charge in [-0.1, -0.05) is 39.8 Å². The maximum atomic E-state index is 12.4. The van der Waals surface area contributed by atoms with Crippen LogP contribution in [0.4, 0.5) is 11.5 Å². The minimum atomic E-state index is -0.242. The molecule has 0 aliphatic carbocycles. The molecule has 5 heteroatoms. The van der Waals surface area contributed by atoms with Crippen molar-refractivity contribution in [2.24, 2.45) is 0 Å². The Morgan fingerprint density at radius 2 is 1.83 bits per heavy atom. The van der Waals surface area contributed by atoms with Crippen LogP contribution in [0.2, 0.25) is 0 Å². The van der Waals surface area contributed by atoms with Crippen LogP contribution in [-0.4, -0.2) is 21.9 Å². The number of anilines is 2. The maximum Gasteiger partial charge on any atom is 0.274 e. The molecule has 5 nitrogen and oxygen atoms in total. The fourth-order valence-corrected chi connectivity index (χ4v) is 2.16. The van der Waals surface area contributed by atoms with E-state index < -0.39 is 0 Å². The summed E-state index contributed by atoms with van der Waals surface area (Å²) >= 11 is 0. The van der Waals surface area contributed by atoms with E-state index in [4.69, 9.17) is 0 Å². The molecule has 0 aliphatic heterocycles. The van der Waals surface area contributed by atoms with Crippen LogP contribution in [0, 0.1) is 0 Å². The molecule has 0 fully saturated rings. The molecule has 0 spiro atoms. The summed E-state index contributed by atoms with van der Waals surface area (Å²) in [5, 5.41) is 6.12. The van der Waals surface area contributed by atoms with E-state index in [2.05, 4.69) is 55.2 Å². The summed E-state index contributed by atoms with van der Waals surface area (Å²) in [6, 6.07) is 9.86. The average molecular weight is 326 g/mol. The molecule has 1 atom stereocenters. The molecule has 0 saturated heterocycles. The number of carbonyl (C=O) groups is 1. The number of rotatable bonds is 5. The highest BCUT2D eigenvalue weighted by atomic mass is 16.1. The van der Waals surface area contributed by atoms with Crippen LogP contribution in [0.3, 0.4) is 0 Å². The van der Waals surface area contributed by atoms with Gasteiger partial charge in [-0.25, -0.2) is 9.97 Å². The van der Waals surface area contributed by atoms with Gasteiger partial charge in [0.1, 0.15) is 17.8 Å². The van der Waals surface area contributed by atoms with E-state index in [0.717, 1.165) is 12.1 Å². The van der Waals surface area contributed by atoms with Gasteiger partial charge in [-0.3, -0.25) is 4.79 Å². The Bertz CT molecular complexity index is 689. The number of nitrogens with zero attached hydrogens (tertiary/aromatic N) is 2. The van der Waals surface area contributed by atoms with Gasteiger partial charge in [0.25, 0.3) is 5.91 Å². The number of benzene rings is 1. The summed E-state index contributed by atoms with van der Waals surface area (Å²) in [7, 11) is 0. The SMILES string of the molecule is CCC(C)Nc1cc(C(=O)Nc2ccc(C(C)(C)C)cc2)ncn1. The second kappa shape index (κ2) is 7.43. The van der Waals surface area contributed by atoms with Crippen molar-refractivity contribution in [3.8, 4) is 0 Å². The Morgan fingerprint density at radius 3 is 2.42 bits per heavy atom. The highest BCUT2D eigenvalue weighted by Crippen LogP contribution is 2.23. The Balaban J connectivity index is 2.08. The molecular formula is C19H26N4O. The first-order chi connectivity index (χ1) is 11.3. The second-order valence-corrected chi connectivity index (χ2v) is 7.02. The largest absolute Gasteiger partial charge is 0.368 e. The predicted molar refractivity (Wildman–Crippen MR) is 98.5 cm³/mol. The van der Waals surface area contributed by atoms with Crippen molar-refractivity contribution >= 4 is 17.4 Å². The number of hydrogen-bond acceptors (Lipinski definition) is 4. The highest BCUT2D eigenvalue weighted by molar-refractivity contribution is 6.03. The molecule has 1 aromatic heterocycles. The molecule has 1 unspecified atom stereocenters. The number of hydrogen-bond donors (Lipinski definition) is 2. The molecule has 2 aromatic rings. The van der Waals surface area contributed by atoms with Crippen LogP contribution in [0.1, 0.15) is 57.1 Å². The molecule has 0 radical (unpaired) electrons. The van der Waals surface area contributed by atoms with Crippen LogP contribution < -0.4 is 10.6 Å². The zero-order valence-electron chi connectivity index (χ0n) is 15.1. The minimum Gasteiger partial charge on any atom is -0.368 e. The summed E-state index contributed by atoms with van der Waals surface area (Å²) in [6.45, 7) is 10.6. The van der Waals surface area contributed by atoms with Gasteiger partial charge >= 0.3 is 0 Å². The third-order valence-electron chi connectivity index (χ3n) is 3.92. The Kier molecular flexibility index (Phi) is 5.54. The molecule has 2 rings (SSSR count). The molecule has 24 heavy (non-hydrogen) atoms. The first-order valence-corrected chi connectivity index (χ1v) is 8.30. The van der Waals surface area contributed by atoms with Crippen LogP contribution in [0.15, 0.2) is 36.7 Å². The Hall–Kier alpha value is -2.43. The van der Waals surface area contributed by atoms with E-state index in [1.54, 1.807) is 6.07 Å². The molecular weight excluding hydrogens is 300 g/mol. The first kappa shape index (κ1) is 17.9. The molecule has 0 aliphatic rings. The van der Waals surface area contributed by atoms with Crippen molar-refractivity contribution in [2.45, 2.75) is 52.5 Å². The van der Waals surface area contributed by atoms with E-state index in [9.17, 15) is 4.79 Å². The number of amides is 1. The first-order valence-electron chi connectivity index (χ1n) is 8.30. The van der Waals surface area contributed by atoms with Gasteiger partial charge in [-0.15, -0.1) is 0 Å². The van der Waals surface area contributed by atoms with E-state index in [0.29, 0.717) is 17.6 Å². The fourth-order valence-electron chi connectivity index (χ4n) is 2.16. The van der Waals surface area contributed by atoms with Crippen molar-refractivity contribution in [3.63, 3.8) is 0 Å². The topological polar surface area (TPSA) is 66.9 Å². The van der Waals surface area contributed by atoms with Gasteiger partial charge in [-0.2, -0.15) is 0 Å². The van der Waals surface area contributed by atoms with E-state index in [-0.39, 0.29) is 11.3 Å². The number of aromatic nitrogens is 2. The third kappa shape index (κ3) is 4.78. The molecule has 1 amide bonds. The lowest BCUT2D eigenvalue weighted by atomic mass is 9.87. The minimum absolute atomic E-state index is 0.0890. The second-order valence-electron chi connectivity index (χ2n) is 7.02. The van der Waals surface area contributed by atoms with Gasteiger partial charge < -0.3 is 10.6 Å². The lowest BCUT2D eigenvalue weighted by Crippen LogP contribution is -2.18. The van der Waals surface area contributed by atoms with Crippen LogP contribution in [0.5, 0.6) is 0 Å². The van der Waals surface area contributed by atoms with E-state index >= 15 is 0 Å². The summed E-state index contributed by atoms with van der Waals surface area (Å²) in [5.41, 5.74) is 2.41. The van der Waals surface area contributed by atoms with Gasteiger partial charge in [0, 0.05) is 17.8 Å². The maximum absolute atomic E-state index is 12.4. The van der Waals surface area contributed by atoms with Gasteiger partial charge in [-0.05, 0) is 36.5 Å². The highest BCUT2D eigenvalue weighted by Gasteiger charge is 2.14. The molecule has 2 N–H and O–H groups in total. The summed E-state index contributed by atoms with van der Waals surface area (Å²) in [4.78, 5) is 20.6. The monoisotopic (exact) mass is 326 g/mol. The molecule has 128 valence electrons. The van der Waals surface area contributed by atoms with Crippen LogP contribution in [0.25, 0.3) is 0 Å². The van der Waals surface area contributed by atoms with Crippen molar-refractivity contribution in [2.75, 3.05) is 10.6 Å². The zero-order valence-corrected chi connectivity index (χ0v) is 15.1. The van der Waals surface area contributed by atoms with E-state index in [1.165, 1.54) is 11.9 Å². The van der Waals surface area contributed by atoms with Crippen molar-refractivity contribution in [3.05, 3.63) is 47.9 Å². The lowest BCUT2D eigenvalue weighted by Gasteiger charge is -2.19. The van der Waals surface area contributed by atoms with Crippen molar-refractivity contribution in [1.29, 1.82) is 0 Å². The normalized spacial score (nSPS) is 12.5. The van der Waals surface area contributed by atoms with Crippen molar-refractivity contribution in [1.82, 2.24) is 9.97 Å². The quantitative estimate of drug-likeness (QED) is 0.862. The third-order valence-corrected chi connectivity index (χ3v) is 3.92. The molecule has 0 saturated carbocycles. The lowest BCUT2D eigenvalue weighted by molar-refractivity contribution is 0.102. The van der Waals surface area contributed by atoms with E-state index in [1.807, 2.05) is 24.3 Å². The average Bonchev–Trinajstić information content (AvgIpc) is 2.54. The number of carbonyl (C=O) groups excluding carboxylic acids is 1. The zero-order chi connectivity index (χ0) is 17.7. The molecule has 1 aromatic carbocycles. The van der Waals surface area contributed by atoms with Crippen LogP contribution >= 0.6 is 0 Å². The summed E-state index contributed by atoms with van der Waals surface area (Å²) in [6.07, 6.45) is 2.38. The fraction of sp³-hybridized carbons (Fsp3) is 0.421. The van der Waals surface area contributed by atoms with Crippen molar-refractivity contribution < 1.29 is 4.79 Å². The predicted octanol–water partition coefficient (Wildman–Crippen LogP) is 4.24. The number of nitrogens with one attached hydrogen (secondary N) is 2. The standard InChI is InChI=1S/C19H26N4O/c1-6-13(2)22-17-11-16(20-12-21-17)18(24)23-15-9-7-14(8-10-15)19(3,4)5/h7-13H,6H2,1-5H3,(H,23,24)(H,20,21,22). The van der Waals surface area contributed by atoms with Gasteiger partial charge in [0.2, 0.25) is 0 Å². The molecule has 0 bridgehead atoms. The summed E-state index contributed by atoms with van der Waals surface area (Å²) < 4.78 is 0. The van der Waals surface area contributed by atoms with Gasteiger partial charge in [0.15, 0.2) is 0 Å². The molecule has 1 heterocycles. The Labute approximate surface area is 143 Å².